The van der Waals surface area contributed by atoms with E-state index in [-0.39, 0.29) is 24.3 Å². The summed E-state index contributed by atoms with van der Waals surface area (Å²) < 4.78 is 0. The largest absolute Gasteiger partial charge is 0.343 e. The van der Waals surface area contributed by atoms with Gasteiger partial charge >= 0.3 is 0 Å². The molecule has 0 unspecified atom stereocenters. The van der Waals surface area contributed by atoms with Crippen molar-refractivity contribution in [1.82, 2.24) is 15.1 Å². The van der Waals surface area contributed by atoms with E-state index in [1.807, 2.05) is 55.1 Å². The normalized spacial score (nSPS) is 13.7. The van der Waals surface area contributed by atoms with Crippen molar-refractivity contribution >= 4 is 17.7 Å². The molecule has 6 nitrogen and oxygen atoms in total. The number of hydrogen-bond acceptors (Lipinski definition) is 3. The van der Waals surface area contributed by atoms with Crippen molar-refractivity contribution < 1.29 is 14.4 Å². The molecule has 3 rings (SSSR count). The summed E-state index contributed by atoms with van der Waals surface area (Å²) in [6.07, 6.45) is 2.24. The van der Waals surface area contributed by atoms with Gasteiger partial charge in [-0.15, -0.1) is 0 Å². The van der Waals surface area contributed by atoms with Crippen LogP contribution in [0.2, 0.25) is 0 Å². The van der Waals surface area contributed by atoms with E-state index in [1.165, 1.54) is 5.56 Å². The Morgan fingerprint density at radius 3 is 2.03 bits per heavy atom. The number of piperazine rings is 1. The molecule has 0 saturated carbocycles. The third-order valence-corrected chi connectivity index (χ3v) is 5.57. The topological polar surface area (TPSA) is 69.7 Å². The van der Waals surface area contributed by atoms with Gasteiger partial charge in [-0.25, -0.2) is 0 Å². The van der Waals surface area contributed by atoms with Gasteiger partial charge in [0.25, 0.3) is 5.91 Å². The minimum absolute atomic E-state index is 0.0309. The van der Waals surface area contributed by atoms with Crippen LogP contribution in [0, 0.1) is 13.8 Å². The highest BCUT2D eigenvalue weighted by molar-refractivity contribution is 5.96. The number of hydrogen-bond donors (Lipinski definition) is 1. The Labute approximate surface area is 184 Å². The van der Waals surface area contributed by atoms with Crippen molar-refractivity contribution in [3.8, 4) is 0 Å². The minimum Gasteiger partial charge on any atom is -0.343 e. The molecule has 2 aromatic rings. The van der Waals surface area contributed by atoms with Crippen LogP contribution in [0.3, 0.4) is 0 Å². The van der Waals surface area contributed by atoms with Crippen LogP contribution in [-0.2, 0) is 16.0 Å². The summed E-state index contributed by atoms with van der Waals surface area (Å²) in [5.74, 6) is -0.215. The lowest BCUT2D eigenvalue weighted by Gasteiger charge is -2.35. The first-order chi connectivity index (χ1) is 14.9. The predicted octanol–water partition coefficient (Wildman–Crippen LogP) is 2.73. The number of rotatable bonds is 7. The summed E-state index contributed by atoms with van der Waals surface area (Å²) in [5.41, 5.74) is 3.84. The SMILES string of the molecule is Cc1cc(C)cc(C(=O)NCC(=O)N2CCN(C(=O)CCCc3ccccc3)CC2)c1. The zero-order valence-electron chi connectivity index (χ0n) is 18.4. The van der Waals surface area contributed by atoms with E-state index < -0.39 is 0 Å². The van der Waals surface area contributed by atoms with Crippen LogP contribution in [0.25, 0.3) is 0 Å². The van der Waals surface area contributed by atoms with Crippen molar-refractivity contribution in [3.05, 3.63) is 70.8 Å². The molecule has 1 N–H and O–H groups in total. The second kappa shape index (κ2) is 10.8. The van der Waals surface area contributed by atoms with Crippen LogP contribution in [-0.4, -0.2) is 60.2 Å². The van der Waals surface area contributed by atoms with Gasteiger partial charge in [-0.3, -0.25) is 14.4 Å². The van der Waals surface area contributed by atoms with Gasteiger partial charge in [-0.05, 0) is 44.4 Å². The van der Waals surface area contributed by atoms with Crippen LogP contribution in [0.4, 0.5) is 0 Å². The van der Waals surface area contributed by atoms with E-state index in [1.54, 1.807) is 4.90 Å². The van der Waals surface area contributed by atoms with Gasteiger partial charge in [0.2, 0.25) is 11.8 Å². The first kappa shape index (κ1) is 22.5. The zero-order valence-corrected chi connectivity index (χ0v) is 18.4. The second-order valence-electron chi connectivity index (χ2n) is 8.16. The van der Waals surface area contributed by atoms with Crippen molar-refractivity contribution in [3.63, 3.8) is 0 Å². The van der Waals surface area contributed by atoms with Crippen LogP contribution in [0.5, 0.6) is 0 Å². The summed E-state index contributed by atoms with van der Waals surface area (Å²) in [6, 6.07) is 15.8. The van der Waals surface area contributed by atoms with Gasteiger partial charge in [0.05, 0.1) is 6.54 Å². The molecule has 31 heavy (non-hydrogen) atoms. The van der Waals surface area contributed by atoms with Gasteiger partial charge < -0.3 is 15.1 Å². The highest BCUT2D eigenvalue weighted by atomic mass is 16.2. The van der Waals surface area contributed by atoms with Crippen molar-refractivity contribution in [2.24, 2.45) is 0 Å². The van der Waals surface area contributed by atoms with E-state index in [4.69, 9.17) is 0 Å². The minimum atomic E-state index is -0.243. The number of amides is 3. The molecule has 1 aliphatic heterocycles. The molecule has 0 spiro atoms. The Morgan fingerprint density at radius 2 is 1.42 bits per heavy atom. The summed E-state index contributed by atoms with van der Waals surface area (Å²) >= 11 is 0. The van der Waals surface area contributed by atoms with E-state index in [9.17, 15) is 14.4 Å². The van der Waals surface area contributed by atoms with Crippen LogP contribution in [0.1, 0.15) is 39.9 Å². The number of nitrogens with zero attached hydrogens (tertiary/aromatic N) is 2. The maximum atomic E-state index is 12.5. The lowest BCUT2D eigenvalue weighted by Crippen LogP contribution is -2.52. The van der Waals surface area contributed by atoms with E-state index in [0.29, 0.717) is 38.2 Å². The molecule has 2 aromatic carbocycles. The quantitative estimate of drug-likeness (QED) is 0.747. The van der Waals surface area contributed by atoms with E-state index >= 15 is 0 Å². The van der Waals surface area contributed by atoms with E-state index in [2.05, 4.69) is 17.4 Å². The molecule has 1 fully saturated rings. The number of nitrogens with one attached hydrogen (secondary N) is 1. The molecule has 6 heteroatoms. The van der Waals surface area contributed by atoms with Crippen LogP contribution in [0.15, 0.2) is 48.5 Å². The smallest absolute Gasteiger partial charge is 0.251 e. The molecule has 0 aliphatic carbocycles. The molecule has 1 heterocycles. The van der Waals surface area contributed by atoms with Gasteiger partial charge in [-0.1, -0.05) is 47.5 Å². The highest BCUT2D eigenvalue weighted by Crippen LogP contribution is 2.10. The second-order valence-corrected chi connectivity index (χ2v) is 8.16. The Balaban J connectivity index is 1.38. The molecule has 164 valence electrons. The molecule has 0 bridgehead atoms. The van der Waals surface area contributed by atoms with Gasteiger partial charge in [-0.2, -0.15) is 0 Å². The standard InChI is InChI=1S/C25H31N3O3/c1-19-15-20(2)17-22(16-19)25(31)26-18-24(30)28-13-11-27(12-14-28)23(29)10-6-9-21-7-4-3-5-8-21/h3-5,7-8,15-17H,6,9-14,18H2,1-2H3,(H,26,31). The van der Waals surface area contributed by atoms with Crippen LogP contribution >= 0.6 is 0 Å². The van der Waals surface area contributed by atoms with Crippen LogP contribution < -0.4 is 5.32 Å². The Morgan fingerprint density at radius 1 is 0.839 bits per heavy atom. The first-order valence-corrected chi connectivity index (χ1v) is 10.9. The maximum absolute atomic E-state index is 12.5. The predicted molar refractivity (Wildman–Crippen MR) is 121 cm³/mol. The fourth-order valence-corrected chi connectivity index (χ4v) is 3.93. The fourth-order valence-electron chi connectivity index (χ4n) is 3.93. The maximum Gasteiger partial charge on any atom is 0.251 e. The first-order valence-electron chi connectivity index (χ1n) is 10.9. The number of carbonyl (C=O) groups excluding carboxylic acids is 3. The Bertz CT molecular complexity index is 899. The molecule has 1 saturated heterocycles. The Kier molecular flexibility index (Phi) is 7.82. The molecule has 0 radical (unpaired) electrons. The van der Waals surface area contributed by atoms with Gasteiger partial charge in [0, 0.05) is 38.2 Å². The summed E-state index contributed by atoms with van der Waals surface area (Å²) in [5, 5.41) is 2.72. The summed E-state index contributed by atoms with van der Waals surface area (Å²) in [4.78, 5) is 40.8. The number of carbonyl (C=O) groups is 3. The van der Waals surface area contributed by atoms with Crippen molar-refractivity contribution in [2.75, 3.05) is 32.7 Å². The molecule has 1 aliphatic rings. The monoisotopic (exact) mass is 421 g/mol. The molecule has 3 amide bonds. The zero-order chi connectivity index (χ0) is 22.2. The average molecular weight is 422 g/mol. The molecule has 0 aromatic heterocycles. The highest BCUT2D eigenvalue weighted by Gasteiger charge is 2.24. The molecule has 0 atom stereocenters. The van der Waals surface area contributed by atoms with Gasteiger partial charge in [0.15, 0.2) is 0 Å². The number of aryl methyl sites for hydroxylation is 3. The van der Waals surface area contributed by atoms with Crippen molar-refractivity contribution in [2.45, 2.75) is 33.1 Å². The third-order valence-electron chi connectivity index (χ3n) is 5.57. The number of benzene rings is 2. The summed E-state index contributed by atoms with van der Waals surface area (Å²) in [7, 11) is 0. The third kappa shape index (κ3) is 6.67. The lowest BCUT2D eigenvalue weighted by atomic mass is 10.1. The molecular weight excluding hydrogens is 390 g/mol. The van der Waals surface area contributed by atoms with Gasteiger partial charge in [0.1, 0.15) is 0 Å². The average Bonchev–Trinajstić information content (AvgIpc) is 2.77. The molecular formula is C25H31N3O3. The Hall–Kier alpha value is -3.15. The van der Waals surface area contributed by atoms with Crippen molar-refractivity contribution in [1.29, 1.82) is 0 Å². The lowest BCUT2D eigenvalue weighted by molar-refractivity contribution is -0.139. The summed E-state index contributed by atoms with van der Waals surface area (Å²) in [6.45, 7) is 5.94. The fraction of sp³-hybridized carbons (Fsp3) is 0.400. The van der Waals surface area contributed by atoms with E-state index in [0.717, 1.165) is 24.0 Å².